The summed E-state index contributed by atoms with van der Waals surface area (Å²) < 4.78 is 21.7. The molecule has 7 nitrogen and oxygen atoms in total. The van der Waals surface area contributed by atoms with Crippen molar-refractivity contribution in [2.75, 3.05) is 20.8 Å². The van der Waals surface area contributed by atoms with Crippen LogP contribution in [0.3, 0.4) is 0 Å². The lowest BCUT2D eigenvalue weighted by atomic mass is 9.77. The average molecular weight is 373 g/mol. The highest BCUT2D eigenvalue weighted by Crippen LogP contribution is 2.47. The smallest absolute Gasteiger partial charge is 0.340 e. The number of hydrogen-bond donors (Lipinski definition) is 1. The molecule has 2 N–H and O–H groups in total. The molecule has 0 aromatic heterocycles. The van der Waals surface area contributed by atoms with Crippen molar-refractivity contribution in [3.63, 3.8) is 0 Å². The van der Waals surface area contributed by atoms with Crippen LogP contribution in [-0.2, 0) is 19.1 Å². The van der Waals surface area contributed by atoms with E-state index in [1.54, 1.807) is 32.2 Å². The summed E-state index contributed by atoms with van der Waals surface area (Å²) in [7, 11) is 3.07. The lowest BCUT2D eigenvalue weighted by Crippen LogP contribution is -2.31. The van der Waals surface area contributed by atoms with Gasteiger partial charge in [0.2, 0.25) is 5.88 Å². The molecule has 7 heteroatoms. The third kappa shape index (κ3) is 3.37. The Kier molecular flexibility index (Phi) is 5.39. The number of carbonyl (C=O) groups is 2. The summed E-state index contributed by atoms with van der Waals surface area (Å²) in [5.74, 6) is 0.135. The standard InChI is InChI=1S/C20H23NO6/c1-4-26-20(23)18-16(12-10-11(24-2)8-9-14(12)25-3)17-13(22)6-5-7-15(17)27-19(18)21/h8-10,16H,4-7,21H2,1-3H3. The fraction of sp³-hybridized carbons (Fsp3) is 0.400. The summed E-state index contributed by atoms with van der Waals surface area (Å²) >= 11 is 0. The Morgan fingerprint density at radius 1 is 1.26 bits per heavy atom. The van der Waals surface area contributed by atoms with Crippen LogP contribution in [0.15, 0.2) is 41.0 Å². The molecule has 1 aliphatic carbocycles. The topological polar surface area (TPSA) is 97.1 Å². The van der Waals surface area contributed by atoms with Gasteiger partial charge in [-0.25, -0.2) is 4.79 Å². The highest BCUT2D eigenvalue weighted by atomic mass is 16.5. The van der Waals surface area contributed by atoms with Crippen molar-refractivity contribution in [2.24, 2.45) is 5.73 Å². The first-order valence-corrected chi connectivity index (χ1v) is 8.84. The minimum Gasteiger partial charge on any atom is -0.497 e. The molecule has 1 aromatic carbocycles. The van der Waals surface area contributed by atoms with Crippen molar-refractivity contribution < 1.29 is 28.5 Å². The van der Waals surface area contributed by atoms with Gasteiger partial charge in [0.25, 0.3) is 0 Å². The molecule has 2 aliphatic rings. The van der Waals surface area contributed by atoms with Crippen LogP contribution >= 0.6 is 0 Å². The van der Waals surface area contributed by atoms with Gasteiger partial charge in [-0.3, -0.25) is 4.79 Å². The van der Waals surface area contributed by atoms with Crippen molar-refractivity contribution >= 4 is 11.8 Å². The van der Waals surface area contributed by atoms with Gasteiger partial charge in [-0.1, -0.05) is 0 Å². The van der Waals surface area contributed by atoms with E-state index in [9.17, 15) is 9.59 Å². The van der Waals surface area contributed by atoms with Gasteiger partial charge in [-0.2, -0.15) is 0 Å². The molecule has 1 aliphatic heterocycles. The molecule has 0 amide bonds. The number of rotatable bonds is 5. The Morgan fingerprint density at radius 2 is 2.04 bits per heavy atom. The molecular weight excluding hydrogens is 350 g/mol. The van der Waals surface area contributed by atoms with Gasteiger partial charge < -0.3 is 24.7 Å². The van der Waals surface area contributed by atoms with E-state index >= 15 is 0 Å². The molecule has 0 fully saturated rings. The normalized spacial score (nSPS) is 19.4. The Morgan fingerprint density at radius 3 is 2.70 bits per heavy atom. The Balaban J connectivity index is 2.24. The van der Waals surface area contributed by atoms with Crippen molar-refractivity contribution in [1.82, 2.24) is 0 Å². The zero-order valence-corrected chi connectivity index (χ0v) is 15.7. The number of carbonyl (C=O) groups excluding carboxylic acids is 2. The minimum absolute atomic E-state index is 0.0447. The number of allylic oxidation sites excluding steroid dienone is 2. The Hall–Kier alpha value is -2.96. The first-order valence-electron chi connectivity index (χ1n) is 8.84. The van der Waals surface area contributed by atoms with Crippen LogP contribution in [-0.4, -0.2) is 32.6 Å². The van der Waals surface area contributed by atoms with Crippen molar-refractivity contribution in [3.8, 4) is 11.5 Å². The molecular formula is C20H23NO6. The van der Waals surface area contributed by atoms with Gasteiger partial charge in [0.05, 0.1) is 26.7 Å². The van der Waals surface area contributed by atoms with E-state index in [1.807, 2.05) is 0 Å². The predicted molar refractivity (Wildman–Crippen MR) is 97.1 cm³/mol. The van der Waals surface area contributed by atoms with E-state index in [0.29, 0.717) is 47.7 Å². The van der Waals surface area contributed by atoms with E-state index in [-0.39, 0.29) is 23.8 Å². The summed E-state index contributed by atoms with van der Waals surface area (Å²) in [5, 5.41) is 0. The molecule has 1 aromatic rings. The second kappa shape index (κ2) is 7.73. The quantitative estimate of drug-likeness (QED) is 0.792. The molecule has 27 heavy (non-hydrogen) atoms. The third-order valence-electron chi connectivity index (χ3n) is 4.73. The maximum Gasteiger partial charge on any atom is 0.340 e. The third-order valence-corrected chi connectivity index (χ3v) is 4.73. The van der Waals surface area contributed by atoms with Gasteiger partial charge in [-0.15, -0.1) is 0 Å². The van der Waals surface area contributed by atoms with Crippen LogP contribution in [0, 0.1) is 0 Å². The number of methoxy groups -OCH3 is 2. The molecule has 1 atom stereocenters. The van der Waals surface area contributed by atoms with Crippen LogP contribution < -0.4 is 15.2 Å². The molecule has 0 saturated heterocycles. The number of hydrogen-bond acceptors (Lipinski definition) is 7. The van der Waals surface area contributed by atoms with Crippen LogP contribution in [0.1, 0.15) is 37.7 Å². The SMILES string of the molecule is CCOC(=O)C1=C(N)OC2=C(C(=O)CCC2)C1c1cc(OC)ccc1OC. The number of nitrogens with two attached hydrogens (primary N) is 1. The molecule has 0 saturated carbocycles. The summed E-state index contributed by atoms with van der Waals surface area (Å²) in [4.78, 5) is 25.5. The molecule has 0 radical (unpaired) electrons. The van der Waals surface area contributed by atoms with Crippen LogP contribution in [0.25, 0.3) is 0 Å². The summed E-state index contributed by atoms with van der Waals surface area (Å²) in [6.45, 7) is 1.88. The molecule has 0 bridgehead atoms. The maximum atomic E-state index is 12.8. The van der Waals surface area contributed by atoms with Crippen LogP contribution in [0.5, 0.6) is 11.5 Å². The Bertz CT molecular complexity index is 839. The average Bonchev–Trinajstić information content (AvgIpc) is 2.66. The van der Waals surface area contributed by atoms with Gasteiger partial charge in [-0.05, 0) is 31.5 Å². The van der Waals surface area contributed by atoms with E-state index in [4.69, 9.17) is 24.7 Å². The summed E-state index contributed by atoms with van der Waals surface area (Å²) in [6.07, 6.45) is 1.66. The van der Waals surface area contributed by atoms with E-state index in [1.165, 1.54) is 7.11 Å². The van der Waals surface area contributed by atoms with Crippen LogP contribution in [0.4, 0.5) is 0 Å². The highest BCUT2D eigenvalue weighted by molar-refractivity contribution is 6.03. The number of esters is 1. The fourth-order valence-corrected chi connectivity index (χ4v) is 3.54. The first kappa shape index (κ1) is 18.8. The van der Waals surface area contributed by atoms with Gasteiger partial charge in [0, 0.05) is 24.0 Å². The zero-order chi connectivity index (χ0) is 19.6. The van der Waals surface area contributed by atoms with Gasteiger partial charge in [0.15, 0.2) is 5.78 Å². The summed E-state index contributed by atoms with van der Waals surface area (Å²) in [6, 6.07) is 5.22. The number of benzene rings is 1. The second-order valence-corrected chi connectivity index (χ2v) is 6.25. The van der Waals surface area contributed by atoms with E-state index in [0.717, 1.165) is 0 Å². The van der Waals surface area contributed by atoms with E-state index in [2.05, 4.69) is 0 Å². The zero-order valence-electron chi connectivity index (χ0n) is 15.7. The lowest BCUT2D eigenvalue weighted by Gasteiger charge is -2.33. The minimum atomic E-state index is -0.731. The number of ketones is 1. The molecule has 1 heterocycles. The maximum absolute atomic E-state index is 12.8. The Labute approximate surface area is 157 Å². The molecule has 3 rings (SSSR count). The van der Waals surface area contributed by atoms with Crippen molar-refractivity contribution in [1.29, 1.82) is 0 Å². The first-order chi connectivity index (χ1) is 13.0. The second-order valence-electron chi connectivity index (χ2n) is 6.25. The predicted octanol–water partition coefficient (Wildman–Crippen LogP) is 2.56. The van der Waals surface area contributed by atoms with Crippen molar-refractivity contribution in [3.05, 3.63) is 46.6 Å². The number of Topliss-reactive ketones (excluding diaryl/α,β-unsaturated/α-hetero) is 1. The fourth-order valence-electron chi connectivity index (χ4n) is 3.54. The van der Waals surface area contributed by atoms with Gasteiger partial charge in [0.1, 0.15) is 22.8 Å². The highest BCUT2D eigenvalue weighted by Gasteiger charge is 2.42. The van der Waals surface area contributed by atoms with Crippen LogP contribution in [0.2, 0.25) is 0 Å². The molecule has 0 spiro atoms. The van der Waals surface area contributed by atoms with Crippen molar-refractivity contribution in [2.45, 2.75) is 32.1 Å². The molecule has 144 valence electrons. The number of ether oxygens (including phenoxy) is 4. The van der Waals surface area contributed by atoms with E-state index < -0.39 is 11.9 Å². The summed E-state index contributed by atoms with van der Waals surface area (Å²) in [5.41, 5.74) is 7.24. The van der Waals surface area contributed by atoms with Gasteiger partial charge >= 0.3 is 5.97 Å². The monoisotopic (exact) mass is 373 g/mol. The molecule has 1 unspecified atom stereocenters. The largest absolute Gasteiger partial charge is 0.497 e. The lowest BCUT2D eigenvalue weighted by molar-refractivity contribution is -0.139.